The molecule has 1 atom stereocenters. The topological polar surface area (TPSA) is 61.9 Å². The molecule has 0 aromatic heterocycles. The molecular formula is C26H32ClN3O3. The number of amides is 2. The van der Waals surface area contributed by atoms with Crippen LogP contribution in [-0.2, 0) is 9.59 Å². The largest absolute Gasteiger partial charge is 0.489 e. The summed E-state index contributed by atoms with van der Waals surface area (Å²) in [5.74, 6) is 0.398. The van der Waals surface area contributed by atoms with E-state index in [2.05, 4.69) is 41.4 Å². The minimum Gasteiger partial charge on any atom is -0.489 e. The zero-order chi connectivity index (χ0) is 23.4. The van der Waals surface area contributed by atoms with Crippen molar-refractivity contribution in [3.05, 3.63) is 53.1 Å². The highest BCUT2D eigenvalue weighted by Gasteiger charge is 2.30. The van der Waals surface area contributed by atoms with Crippen molar-refractivity contribution in [2.24, 2.45) is 0 Å². The maximum absolute atomic E-state index is 12.8. The summed E-state index contributed by atoms with van der Waals surface area (Å²) < 4.78 is 6.20. The summed E-state index contributed by atoms with van der Waals surface area (Å²) in [6.07, 6.45) is 4.51. The van der Waals surface area contributed by atoms with E-state index in [4.69, 9.17) is 16.3 Å². The Morgan fingerprint density at radius 3 is 2.48 bits per heavy atom. The fourth-order valence-corrected chi connectivity index (χ4v) is 5.02. The van der Waals surface area contributed by atoms with Gasteiger partial charge in [0.05, 0.1) is 5.02 Å². The van der Waals surface area contributed by atoms with Crippen molar-refractivity contribution in [2.45, 2.75) is 58.1 Å². The number of ether oxygens (including phenoxy) is 1. The van der Waals surface area contributed by atoms with Crippen LogP contribution >= 0.6 is 11.6 Å². The van der Waals surface area contributed by atoms with Gasteiger partial charge < -0.3 is 19.9 Å². The van der Waals surface area contributed by atoms with Gasteiger partial charge in [-0.1, -0.05) is 29.8 Å². The molecule has 0 spiro atoms. The quantitative estimate of drug-likeness (QED) is 0.666. The standard InChI is InChI=1S/C26H32ClN3O3/c1-18-7-3-4-8-23(18)29-15-12-21(13-16-29)33-25-11-10-20(17-22(25)27)28-26(32)24-9-5-6-14-30(24)19(2)31/h3-4,7-8,10-11,17,21,24H,5-6,9,12-16H2,1-2H3,(H,28,32)/t24-/m1/s1. The average Bonchev–Trinajstić information content (AvgIpc) is 2.81. The molecule has 1 N–H and O–H groups in total. The van der Waals surface area contributed by atoms with Gasteiger partial charge in [0.1, 0.15) is 17.9 Å². The average molecular weight is 470 g/mol. The molecule has 0 unspecified atom stereocenters. The van der Waals surface area contributed by atoms with Crippen LogP contribution in [0.3, 0.4) is 0 Å². The summed E-state index contributed by atoms with van der Waals surface area (Å²) in [5, 5.41) is 3.39. The molecule has 0 radical (unpaired) electrons. The molecule has 2 aromatic rings. The van der Waals surface area contributed by atoms with E-state index in [1.165, 1.54) is 18.2 Å². The highest BCUT2D eigenvalue weighted by molar-refractivity contribution is 6.32. The van der Waals surface area contributed by atoms with Crippen LogP contribution in [0.15, 0.2) is 42.5 Å². The molecule has 2 aromatic carbocycles. The number of halogens is 1. The number of carbonyl (C=O) groups excluding carboxylic acids is 2. The van der Waals surface area contributed by atoms with Crippen molar-refractivity contribution in [1.82, 2.24) is 4.90 Å². The molecule has 2 aliphatic heterocycles. The Labute approximate surface area is 200 Å². The number of nitrogens with one attached hydrogen (secondary N) is 1. The fourth-order valence-electron chi connectivity index (χ4n) is 4.79. The first-order valence-corrected chi connectivity index (χ1v) is 12.1. The number of nitrogens with zero attached hydrogens (tertiary/aromatic N) is 2. The predicted molar refractivity (Wildman–Crippen MR) is 132 cm³/mol. The summed E-state index contributed by atoms with van der Waals surface area (Å²) in [6.45, 7) is 6.16. The van der Waals surface area contributed by atoms with Gasteiger partial charge in [0.15, 0.2) is 0 Å². The van der Waals surface area contributed by atoms with Crippen molar-refractivity contribution < 1.29 is 14.3 Å². The monoisotopic (exact) mass is 469 g/mol. The van der Waals surface area contributed by atoms with Gasteiger partial charge in [-0.25, -0.2) is 0 Å². The number of hydrogen-bond donors (Lipinski definition) is 1. The predicted octanol–water partition coefficient (Wildman–Crippen LogP) is 5.04. The van der Waals surface area contributed by atoms with Crippen LogP contribution in [0.5, 0.6) is 5.75 Å². The van der Waals surface area contributed by atoms with Crippen molar-refractivity contribution >= 4 is 34.8 Å². The molecule has 0 bridgehead atoms. The molecule has 176 valence electrons. The molecule has 6 nitrogen and oxygen atoms in total. The highest BCUT2D eigenvalue weighted by atomic mass is 35.5. The minimum absolute atomic E-state index is 0.0647. The second-order valence-electron chi connectivity index (χ2n) is 8.95. The third-order valence-corrected chi connectivity index (χ3v) is 6.90. The third-order valence-electron chi connectivity index (χ3n) is 6.60. The minimum atomic E-state index is -0.426. The Hall–Kier alpha value is -2.73. The number of hydrogen-bond acceptors (Lipinski definition) is 4. The molecule has 0 aliphatic carbocycles. The van der Waals surface area contributed by atoms with E-state index in [0.717, 1.165) is 38.8 Å². The second kappa shape index (κ2) is 10.5. The number of likely N-dealkylation sites (tertiary alicyclic amines) is 1. The number of carbonyl (C=O) groups is 2. The van der Waals surface area contributed by atoms with Crippen LogP contribution < -0.4 is 15.0 Å². The Morgan fingerprint density at radius 1 is 1.03 bits per heavy atom. The van der Waals surface area contributed by atoms with E-state index in [0.29, 0.717) is 29.4 Å². The first-order valence-electron chi connectivity index (χ1n) is 11.8. The lowest BCUT2D eigenvalue weighted by molar-refractivity contribution is -0.138. The Bertz CT molecular complexity index is 1000. The number of anilines is 2. The van der Waals surface area contributed by atoms with Crippen LogP contribution in [0, 0.1) is 6.92 Å². The molecule has 2 heterocycles. The Morgan fingerprint density at radius 2 is 1.79 bits per heavy atom. The molecular weight excluding hydrogens is 438 g/mol. The van der Waals surface area contributed by atoms with Crippen LogP contribution in [-0.4, -0.2) is 48.5 Å². The summed E-state index contributed by atoms with van der Waals surface area (Å²) >= 11 is 6.49. The van der Waals surface area contributed by atoms with Crippen molar-refractivity contribution in [3.63, 3.8) is 0 Å². The van der Waals surface area contributed by atoms with Gasteiger partial charge in [-0.15, -0.1) is 0 Å². The summed E-state index contributed by atoms with van der Waals surface area (Å²) in [6, 6.07) is 13.4. The number of para-hydroxylation sites is 1. The van der Waals surface area contributed by atoms with E-state index < -0.39 is 6.04 Å². The van der Waals surface area contributed by atoms with Crippen LogP contribution in [0.25, 0.3) is 0 Å². The Kier molecular flexibility index (Phi) is 7.43. The fraction of sp³-hybridized carbons (Fsp3) is 0.462. The molecule has 2 fully saturated rings. The van der Waals surface area contributed by atoms with Gasteiger partial charge in [0.2, 0.25) is 11.8 Å². The van der Waals surface area contributed by atoms with Gasteiger partial charge in [-0.05, 0) is 56.0 Å². The van der Waals surface area contributed by atoms with Gasteiger partial charge >= 0.3 is 0 Å². The maximum atomic E-state index is 12.8. The SMILES string of the molecule is CC(=O)N1CCCC[C@@H]1C(=O)Nc1ccc(OC2CCN(c3ccccc3C)CC2)c(Cl)c1. The lowest BCUT2D eigenvalue weighted by Gasteiger charge is -2.34. The second-order valence-corrected chi connectivity index (χ2v) is 9.36. The normalized spacial score (nSPS) is 19.3. The summed E-state index contributed by atoms with van der Waals surface area (Å²) in [4.78, 5) is 28.7. The van der Waals surface area contributed by atoms with E-state index in [9.17, 15) is 9.59 Å². The first kappa shape index (κ1) is 23.4. The van der Waals surface area contributed by atoms with Crippen molar-refractivity contribution in [2.75, 3.05) is 29.9 Å². The van der Waals surface area contributed by atoms with Gasteiger partial charge in [0.25, 0.3) is 0 Å². The number of rotatable bonds is 5. The number of aryl methyl sites for hydroxylation is 1. The molecule has 33 heavy (non-hydrogen) atoms. The molecule has 7 heteroatoms. The lowest BCUT2D eigenvalue weighted by Crippen LogP contribution is -2.49. The molecule has 2 saturated heterocycles. The summed E-state index contributed by atoms with van der Waals surface area (Å²) in [7, 11) is 0. The van der Waals surface area contributed by atoms with E-state index in [1.54, 1.807) is 11.0 Å². The zero-order valence-corrected chi connectivity index (χ0v) is 20.1. The maximum Gasteiger partial charge on any atom is 0.247 e. The van der Waals surface area contributed by atoms with Crippen molar-refractivity contribution in [1.29, 1.82) is 0 Å². The third kappa shape index (κ3) is 5.61. The highest BCUT2D eigenvalue weighted by Crippen LogP contribution is 2.31. The van der Waals surface area contributed by atoms with E-state index in [-0.39, 0.29) is 17.9 Å². The first-order chi connectivity index (χ1) is 15.9. The van der Waals surface area contributed by atoms with Gasteiger partial charge in [-0.2, -0.15) is 0 Å². The molecule has 2 amide bonds. The van der Waals surface area contributed by atoms with E-state index in [1.807, 2.05) is 12.1 Å². The number of benzene rings is 2. The molecule has 0 saturated carbocycles. The molecule has 2 aliphatic rings. The Balaban J connectivity index is 1.33. The van der Waals surface area contributed by atoms with Crippen LogP contribution in [0.1, 0.15) is 44.6 Å². The lowest BCUT2D eigenvalue weighted by atomic mass is 10.0. The van der Waals surface area contributed by atoms with E-state index >= 15 is 0 Å². The van der Waals surface area contributed by atoms with Gasteiger partial charge in [0, 0.05) is 50.8 Å². The molecule has 4 rings (SSSR count). The summed E-state index contributed by atoms with van der Waals surface area (Å²) in [5.41, 5.74) is 3.19. The van der Waals surface area contributed by atoms with Crippen molar-refractivity contribution in [3.8, 4) is 5.75 Å². The zero-order valence-electron chi connectivity index (χ0n) is 19.4. The van der Waals surface area contributed by atoms with Gasteiger partial charge in [-0.3, -0.25) is 9.59 Å². The van der Waals surface area contributed by atoms with Crippen LogP contribution in [0.4, 0.5) is 11.4 Å². The smallest absolute Gasteiger partial charge is 0.247 e. The van der Waals surface area contributed by atoms with Crippen LogP contribution in [0.2, 0.25) is 5.02 Å². The number of piperidine rings is 2.